The van der Waals surface area contributed by atoms with Gasteiger partial charge in [0.2, 0.25) is 0 Å². The van der Waals surface area contributed by atoms with Gasteiger partial charge >= 0.3 is 5.97 Å². The summed E-state index contributed by atoms with van der Waals surface area (Å²) < 4.78 is 5.03. The van der Waals surface area contributed by atoms with Crippen LogP contribution in [0.4, 0.5) is 0 Å². The summed E-state index contributed by atoms with van der Waals surface area (Å²) in [6, 6.07) is 10.2. The van der Waals surface area contributed by atoms with E-state index >= 15 is 0 Å². The molecule has 0 spiro atoms. The maximum Gasteiger partial charge on any atom is 0.320 e. The van der Waals surface area contributed by atoms with E-state index in [0.717, 1.165) is 24.6 Å². The average Bonchev–Trinajstić information content (AvgIpc) is 2.40. The largest absolute Gasteiger partial charge is 0.465 e. The van der Waals surface area contributed by atoms with Gasteiger partial charge in [-0.25, -0.2) is 0 Å². The molecule has 0 unspecified atom stereocenters. The third kappa shape index (κ3) is 7.23. The topological polar surface area (TPSA) is 29.5 Å². The summed E-state index contributed by atoms with van der Waals surface area (Å²) in [7, 11) is 0. The van der Waals surface area contributed by atoms with E-state index in [2.05, 4.69) is 24.0 Å². The molecule has 19 heavy (non-hydrogen) atoms. The van der Waals surface area contributed by atoms with Crippen molar-refractivity contribution in [1.29, 1.82) is 0 Å². The Hall–Kier alpha value is -1.00. The minimum atomic E-state index is -0.139. The molecular weight excluding hydrogens is 258 g/mol. The number of carbonyl (C=O) groups excluding carboxylic acids is 1. The van der Waals surface area contributed by atoms with Crippen molar-refractivity contribution in [3.8, 4) is 0 Å². The zero-order chi connectivity index (χ0) is 13.9. The van der Waals surface area contributed by atoms with Gasteiger partial charge in [0.05, 0.1) is 13.2 Å². The predicted octanol–water partition coefficient (Wildman–Crippen LogP) is 2.80. The van der Waals surface area contributed by atoms with Crippen LogP contribution in [-0.2, 0) is 16.1 Å². The first-order chi connectivity index (χ1) is 9.26. The zero-order valence-corrected chi connectivity index (χ0v) is 12.6. The van der Waals surface area contributed by atoms with Crippen molar-refractivity contribution in [3.05, 3.63) is 35.9 Å². The number of hydrogen-bond donors (Lipinski definition) is 0. The number of benzene rings is 1. The molecule has 0 radical (unpaired) electrons. The van der Waals surface area contributed by atoms with Crippen LogP contribution < -0.4 is 0 Å². The molecule has 3 nitrogen and oxygen atoms in total. The molecule has 0 atom stereocenters. The Bertz CT molecular complexity index is 356. The maximum absolute atomic E-state index is 11.6. The van der Waals surface area contributed by atoms with Crippen LogP contribution in [-0.4, -0.2) is 42.1 Å². The Labute approximate surface area is 120 Å². The summed E-state index contributed by atoms with van der Waals surface area (Å²) in [5.41, 5.74) is 1.23. The number of rotatable bonds is 9. The minimum absolute atomic E-state index is 0.139. The fourth-order valence-electron chi connectivity index (χ4n) is 1.78. The number of thioether (sulfide) groups is 1. The molecule has 1 rings (SSSR count). The van der Waals surface area contributed by atoms with E-state index in [1.54, 1.807) is 0 Å². The predicted molar refractivity (Wildman–Crippen MR) is 81.4 cm³/mol. The molecule has 106 valence electrons. The third-order valence-corrected chi connectivity index (χ3v) is 3.54. The van der Waals surface area contributed by atoms with Crippen molar-refractivity contribution in [2.75, 3.05) is 31.2 Å². The first kappa shape index (κ1) is 16.1. The van der Waals surface area contributed by atoms with Crippen LogP contribution >= 0.6 is 11.8 Å². The van der Waals surface area contributed by atoms with Gasteiger partial charge < -0.3 is 4.74 Å². The van der Waals surface area contributed by atoms with E-state index in [9.17, 15) is 4.79 Å². The Morgan fingerprint density at radius 3 is 2.63 bits per heavy atom. The highest BCUT2D eigenvalue weighted by molar-refractivity contribution is 7.99. The highest BCUT2D eigenvalue weighted by Crippen LogP contribution is 2.07. The molecule has 0 bridgehead atoms. The second kappa shape index (κ2) is 9.87. The minimum Gasteiger partial charge on any atom is -0.465 e. The van der Waals surface area contributed by atoms with Crippen molar-refractivity contribution in [2.24, 2.45) is 0 Å². The lowest BCUT2D eigenvalue weighted by atomic mass is 10.2. The lowest BCUT2D eigenvalue weighted by molar-refractivity contribution is -0.144. The molecule has 0 N–H and O–H groups in total. The second-order valence-electron chi connectivity index (χ2n) is 4.20. The summed E-state index contributed by atoms with van der Waals surface area (Å²) in [5, 5.41) is 0. The molecule has 4 heteroatoms. The van der Waals surface area contributed by atoms with Gasteiger partial charge in [-0.2, -0.15) is 11.8 Å². The lowest BCUT2D eigenvalue weighted by Crippen LogP contribution is -2.32. The Morgan fingerprint density at radius 1 is 1.26 bits per heavy atom. The van der Waals surface area contributed by atoms with Crippen molar-refractivity contribution in [1.82, 2.24) is 4.90 Å². The Balaban J connectivity index is 2.50. The fraction of sp³-hybridized carbons (Fsp3) is 0.533. The molecule has 0 aliphatic carbocycles. The quantitative estimate of drug-likeness (QED) is 0.514. The lowest BCUT2D eigenvalue weighted by Gasteiger charge is -2.21. The van der Waals surface area contributed by atoms with Crippen LogP contribution in [0.5, 0.6) is 0 Å². The summed E-state index contributed by atoms with van der Waals surface area (Å²) in [4.78, 5) is 13.8. The monoisotopic (exact) mass is 281 g/mol. The van der Waals surface area contributed by atoms with E-state index in [1.807, 2.05) is 36.9 Å². The molecule has 0 aliphatic heterocycles. The zero-order valence-electron chi connectivity index (χ0n) is 11.8. The van der Waals surface area contributed by atoms with Crippen molar-refractivity contribution in [2.45, 2.75) is 20.4 Å². The van der Waals surface area contributed by atoms with E-state index in [-0.39, 0.29) is 5.97 Å². The standard InChI is InChI=1S/C15H23NO2S/c1-3-18-15(17)13-16(10-11-19-4-2)12-14-8-6-5-7-9-14/h5-9H,3-4,10-13H2,1-2H3. The van der Waals surface area contributed by atoms with Crippen molar-refractivity contribution in [3.63, 3.8) is 0 Å². The average molecular weight is 281 g/mol. The highest BCUT2D eigenvalue weighted by Gasteiger charge is 2.11. The number of hydrogen-bond acceptors (Lipinski definition) is 4. The molecular formula is C15H23NO2S. The van der Waals surface area contributed by atoms with E-state index < -0.39 is 0 Å². The SMILES string of the molecule is CCOC(=O)CN(CCSCC)Cc1ccccc1. The first-order valence-corrected chi connectivity index (χ1v) is 7.91. The van der Waals surface area contributed by atoms with Gasteiger partial charge in [-0.15, -0.1) is 0 Å². The number of ether oxygens (including phenoxy) is 1. The fourth-order valence-corrected chi connectivity index (χ4v) is 2.46. The van der Waals surface area contributed by atoms with Crippen LogP contribution in [0.2, 0.25) is 0 Å². The molecule has 0 saturated heterocycles. The van der Waals surface area contributed by atoms with Gasteiger partial charge in [0, 0.05) is 18.8 Å². The van der Waals surface area contributed by atoms with Gasteiger partial charge in [0.1, 0.15) is 0 Å². The second-order valence-corrected chi connectivity index (χ2v) is 5.59. The van der Waals surface area contributed by atoms with Gasteiger partial charge in [-0.05, 0) is 18.2 Å². The molecule has 0 saturated carbocycles. The first-order valence-electron chi connectivity index (χ1n) is 6.75. The van der Waals surface area contributed by atoms with Crippen LogP contribution in [0.3, 0.4) is 0 Å². The molecule has 0 aromatic heterocycles. The normalized spacial score (nSPS) is 10.7. The molecule has 1 aromatic carbocycles. The number of esters is 1. The van der Waals surface area contributed by atoms with Crippen LogP contribution in [0.25, 0.3) is 0 Å². The highest BCUT2D eigenvalue weighted by atomic mass is 32.2. The summed E-state index contributed by atoms with van der Waals surface area (Å²) in [6.45, 7) is 6.51. The van der Waals surface area contributed by atoms with E-state index in [4.69, 9.17) is 4.74 Å². The summed E-state index contributed by atoms with van der Waals surface area (Å²) in [5.74, 6) is 2.02. The van der Waals surface area contributed by atoms with Crippen molar-refractivity contribution < 1.29 is 9.53 Å². The smallest absolute Gasteiger partial charge is 0.320 e. The van der Waals surface area contributed by atoms with Crippen LogP contribution in [0.1, 0.15) is 19.4 Å². The van der Waals surface area contributed by atoms with Crippen LogP contribution in [0, 0.1) is 0 Å². The van der Waals surface area contributed by atoms with E-state index in [0.29, 0.717) is 13.2 Å². The Kier molecular flexibility index (Phi) is 8.34. The molecule has 0 amide bonds. The number of carbonyl (C=O) groups is 1. The third-order valence-electron chi connectivity index (χ3n) is 2.66. The molecule has 1 aromatic rings. The van der Waals surface area contributed by atoms with Crippen molar-refractivity contribution >= 4 is 17.7 Å². The molecule has 0 heterocycles. The molecule has 0 aliphatic rings. The van der Waals surface area contributed by atoms with Gasteiger partial charge in [-0.3, -0.25) is 9.69 Å². The van der Waals surface area contributed by atoms with E-state index in [1.165, 1.54) is 5.56 Å². The molecule has 0 fully saturated rings. The van der Waals surface area contributed by atoms with Gasteiger partial charge in [-0.1, -0.05) is 37.3 Å². The maximum atomic E-state index is 11.6. The Morgan fingerprint density at radius 2 is 2.00 bits per heavy atom. The number of nitrogens with zero attached hydrogens (tertiary/aromatic N) is 1. The van der Waals surface area contributed by atoms with Crippen LogP contribution in [0.15, 0.2) is 30.3 Å². The summed E-state index contributed by atoms with van der Waals surface area (Å²) in [6.07, 6.45) is 0. The summed E-state index contributed by atoms with van der Waals surface area (Å²) >= 11 is 1.89. The van der Waals surface area contributed by atoms with Gasteiger partial charge in [0.25, 0.3) is 0 Å². The van der Waals surface area contributed by atoms with Gasteiger partial charge in [0.15, 0.2) is 0 Å².